The maximum absolute atomic E-state index is 6.53. The van der Waals surface area contributed by atoms with Crippen LogP contribution < -0.4 is 16.0 Å². The molecule has 0 radical (unpaired) electrons. The van der Waals surface area contributed by atoms with Gasteiger partial charge in [0.05, 0.1) is 6.54 Å². The highest BCUT2D eigenvalue weighted by molar-refractivity contribution is 5.81. The Morgan fingerprint density at radius 3 is 2.40 bits per heavy atom. The molecule has 0 saturated heterocycles. The molecule has 0 spiro atoms. The van der Waals surface area contributed by atoms with Gasteiger partial charge in [-0.15, -0.1) is 0 Å². The maximum Gasteiger partial charge on any atom is 0.163 e. The number of anilines is 5. The van der Waals surface area contributed by atoms with Crippen LogP contribution in [0.2, 0.25) is 0 Å². The van der Waals surface area contributed by atoms with Crippen LogP contribution in [0.25, 0.3) is 0 Å². The van der Waals surface area contributed by atoms with E-state index in [4.69, 9.17) is 5.73 Å². The zero-order valence-electron chi connectivity index (χ0n) is 17.1. The summed E-state index contributed by atoms with van der Waals surface area (Å²) in [6.45, 7) is 4.75. The summed E-state index contributed by atoms with van der Waals surface area (Å²) < 4.78 is 0. The van der Waals surface area contributed by atoms with Crippen molar-refractivity contribution < 1.29 is 0 Å². The zero-order chi connectivity index (χ0) is 20.9. The summed E-state index contributed by atoms with van der Waals surface area (Å²) in [5.74, 6) is 1.94. The van der Waals surface area contributed by atoms with Crippen LogP contribution in [-0.2, 0) is 6.54 Å². The predicted octanol–water partition coefficient (Wildman–Crippen LogP) is 5.15. The van der Waals surface area contributed by atoms with E-state index < -0.39 is 0 Å². The van der Waals surface area contributed by atoms with Crippen molar-refractivity contribution in [3.63, 3.8) is 0 Å². The quantitative estimate of drug-likeness (QED) is 0.469. The maximum atomic E-state index is 6.53. The smallest absolute Gasteiger partial charge is 0.163 e. The number of benzene rings is 2. The lowest BCUT2D eigenvalue weighted by atomic mass is 10.1. The minimum absolute atomic E-state index is 0.470. The summed E-state index contributed by atoms with van der Waals surface area (Å²) in [5.41, 5.74) is 11.5. The van der Waals surface area contributed by atoms with Gasteiger partial charge in [-0.1, -0.05) is 42.5 Å². The van der Waals surface area contributed by atoms with Crippen molar-refractivity contribution in [1.82, 2.24) is 15.0 Å². The molecule has 0 aliphatic rings. The first-order valence-electron chi connectivity index (χ1n) is 9.79. The van der Waals surface area contributed by atoms with E-state index in [-0.39, 0.29) is 0 Å². The van der Waals surface area contributed by atoms with Crippen LogP contribution in [0, 0.1) is 13.8 Å². The Kier molecular flexibility index (Phi) is 5.57. The molecular weight excluding hydrogens is 372 g/mol. The number of nitrogens with zero attached hydrogens (tertiary/aromatic N) is 4. The van der Waals surface area contributed by atoms with Crippen molar-refractivity contribution >= 4 is 28.8 Å². The topological polar surface area (TPSA) is 80.0 Å². The van der Waals surface area contributed by atoms with Crippen LogP contribution in [0.5, 0.6) is 0 Å². The first-order chi connectivity index (χ1) is 14.6. The molecule has 4 aromatic rings. The first kappa shape index (κ1) is 19.4. The number of nitrogens with one attached hydrogen (secondary N) is 1. The molecule has 4 rings (SSSR count). The molecule has 30 heavy (non-hydrogen) atoms. The van der Waals surface area contributed by atoms with Gasteiger partial charge in [0.1, 0.15) is 17.8 Å². The third kappa shape index (κ3) is 4.22. The van der Waals surface area contributed by atoms with Crippen LogP contribution in [0.15, 0.2) is 79.3 Å². The zero-order valence-corrected chi connectivity index (χ0v) is 17.1. The van der Waals surface area contributed by atoms with Gasteiger partial charge in [0, 0.05) is 11.9 Å². The van der Waals surface area contributed by atoms with Crippen molar-refractivity contribution in [2.24, 2.45) is 0 Å². The van der Waals surface area contributed by atoms with Crippen LogP contribution in [0.3, 0.4) is 0 Å². The van der Waals surface area contributed by atoms with E-state index in [0.29, 0.717) is 23.9 Å². The summed E-state index contributed by atoms with van der Waals surface area (Å²) in [6, 6.07) is 22.1. The molecule has 0 fully saturated rings. The molecule has 6 heteroatoms. The summed E-state index contributed by atoms with van der Waals surface area (Å²) in [7, 11) is 0. The Balaban J connectivity index is 1.72. The lowest BCUT2D eigenvalue weighted by molar-refractivity contribution is 0.918. The van der Waals surface area contributed by atoms with Gasteiger partial charge in [0.25, 0.3) is 0 Å². The van der Waals surface area contributed by atoms with Gasteiger partial charge in [0.15, 0.2) is 11.6 Å². The number of hydrogen-bond donors (Lipinski definition) is 2. The molecule has 2 aromatic heterocycles. The number of aryl methyl sites for hydroxylation is 2. The standard InChI is InChI=1S/C24H24N6/c1-17-11-12-20(14-18(17)2)29-23-22(25)24(28-16-27-23)30(21-10-6-7-13-26-21)15-19-8-4-3-5-9-19/h3-14,16H,15,25H2,1-2H3,(H,27,28,29). The Morgan fingerprint density at radius 1 is 0.867 bits per heavy atom. The van der Waals surface area contributed by atoms with E-state index in [0.717, 1.165) is 17.1 Å². The van der Waals surface area contributed by atoms with Crippen molar-refractivity contribution in [3.8, 4) is 0 Å². The van der Waals surface area contributed by atoms with Crippen LogP contribution in [-0.4, -0.2) is 15.0 Å². The minimum atomic E-state index is 0.470. The molecule has 3 N–H and O–H groups in total. The number of aromatic nitrogens is 3. The second-order valence-electron chi connectivity index (χ2n) is 7.14. The Morgan fingerprint density at radius 2 is 1.67 bits per heavy atom. The van der Waals surface area contributed by atoms with Crippen LogP contribution in [0.1, 0.15) is 16.7 Å². The number of nitrogens with two attached hydrogens (primary N) is 1. The van der Waals surface area contributed by atoms with Gasteiger partial charge in [-0.05, 0) is 54.8 Å². The molecule has 0 amide bonds. The molecule has 0 atom stereocenters. The second kappa shape index (κ2) is 8.61. The molecule has 0 aliphatic heterocycles. The predicted molar refractivity (Wildman–Crippen MR) is 122 cm³/mol. The van der Waals surface area contributed by atoms with Crippen molar-refractivity contribution in [1.29, 1.82) is 0 Å². The summed E-state index contributed by atoms with van der Waals surface area (Å²) in [4.78, 5) is 15.4. The number of hydrogen-bond acceptors (Lipinski definition) is 6. The third-order valence-corrected chi connectivity index (χ3v) is 5.00. The number of nitrogen functional groups attached to an aromatic ring is 1. The van der Waals surface area contributed by atoms with E-state index >= 15 is 0 Å². The van der Waals surface area contributed by atoms with Crippen molar-refractivity contribution in [2.45, 2.75) is 20.4 Å². The molecular formula is C24H24N6. The highest BCUT2D eigenvalue weighted by atomic mass is 15.3. The number of pyridine rings is 1. The fourth-order valence-corrected chi connectivity index (χ4v) is 3.20. The minimum Gasteiger partial charge on any atom is -0.393 e. The number of rotatable bonds is 6. The first-order valence-corrected chi connectivity index (χ1v) is 9.79. The molecule has 2 aromatic carbocycles. The molecule has 0 aliphatic carbocycles. The monoisotopic (exact) mass is 396 g/mol. The highest BCUT2D eigenvalue weighted by Crippen LogP contribution is 2.33. The Bertz CT molecular complexity index is 1130. The highest BCUT2D eigenvalue weighted by Gasteiger charge is 2.18. The normalized spacial score (nSPS) is 10.6. The van der Waals surface area contributed by atoms with E-state index in [1.807, 2.05) is 47.4 Å². The molecule has 150 valence electrons. The van der Waals surface area contributed by atoms with E-state index in [1.54, 1.807) is 6.20 Å². The van der Waals surface area contributed by atoms with E-state index in [1.165, 1.54) is 17.5 Å². The summed E-state index contributed by atoms with van der Waals surface area (Å²) in [5, 5.41) is 3.33. The van der Waals surface area contributed by atoms with Gasteiger partial charge < -0.3 is 16.0 Å². The van der Waals surface area contributed by atoms with E-state index in [9.17, 15) is 0 Å². The van der Waals surface area contributed by atoms with Crippen molar-refractivity contribution in [2.75, 3.05) is 16.0 Å². The molecule has 2 heterocycles. The van der Waals surface area contributed by atoms with Gasteiger partial charge in [-0.25, -0.2) is 15.0 Å². The van der Waals surface area contributed by atoms with Gasteiger partial charge >= 0.3 is 0 Å². The summed E-state index contributed by atoms with van der Waals surface area (Å²) in [6.07, 6.45) is 3.29. The average Bonchev–Trinajstić information content (AvgIpc) is 2.78. The summed E-state index contributed by atoms with van der Waals surface area (Å²) >= 11 is 0. The third-order valence-electron chi connectivity index (χ3n) is 5.00. The fraction of sp³-hybridized carbons (Fsp3) is 0.125. The van der Waals surface area contributed by atoms with Crippen LogP contribution in [0.4, 0.5) is 28.8 Å². The fourth-order valence-electron chi connectivity index (χ4n) is 3.20. The molecule has 6 nitrogen and oxygen atoms in total. The van der Waals surface area contributed by atoms with Gasteiger partial charge in [0.2, 0.25) is 0 Å². The van der Waals surface area contributed by atoms with Gasteiger partial charge in [-0.2, -0.15) is 0 Å². The Labute approximate surface area is 176 Å². The van der Waals surface area contributed by atoms with Crippen molar-refractivity contribution in [3.05, 3.63) is 95.9 Å². The lowest BCUT2D eigenvalue weighted by Crippen LogP contribution is -2.21. The molecule has 0 unspecified atom stereocenters. The van der Waals surface area contributed by atoms with E-state index in [2.05, 4.69) is 58.4 Å². The SMILES string of the molecule is Cc1ccc(Nc2ncnc(N(Cc3ccccc3)c3ccccn3)c2N)cc1C. The lowest BCUT2D eigenvalue weighted by Gasteiger charge is -2.25. The van der Waals surface area contributed by atoms with Gasteiger partial charge in [-0.3, -0.25) is 0 Å². The Hall–Kier alpha value is -3.93. The molecule has 0 bridgehead atoms. The molecule has 0 saturated carbocycles. The van der Waals surface area contributed by atoms with Crippen LogP contribution >= 0.6 is 0 Å². The average molecular weight is 396 g/mol. The second-order valence-corrected chi connectivity index (χ2v) is 7.14. The largest absolute Gasteiger partial charge is 0.393 e.